The van der Waals surface area contributed by atoms with E-state index in [4.69, 9.17) is 0 Å². The highest BCUT2D eigenvalue weighted by molar-refractivity contribution is 6.01. The van der Waals surface area contributed by atoms with Gasteiger partial charge in [0.2, 0.25) is 17.7 Å². The minimum atomic E-state index is -0.880. The molecule has 2 saturated carbocycles. The molecule has 12 heteroatoms. The number of rotatable bonds is 13. The monoisotopic (exact) mass is 651 g/mol. The molecular formula is C35H50FN7O4. The van der Waals surface area contributed by atoms with Gasteiger partial charge in [-0.3, -0.25) is 28.8 Å². The molecule has 256 valence electrons. The summed E-state index contributed by atoms with van der Waals surface area (Å²) in [7, 11) is 2.03. The average Bonchev–Trinajstić information content (AvgIpc) is 4.00. The first kappa shape index (κ1) is 34.5. The number of nitrogens with zero attached hydrogens (tertiary/aromatic N) is 4. The molecule has 5 rings (SSSR count). The number of amides is 4. The molecule has 2 aromatic rings. The highest BCUT2D eigenvalue weighted by Crippen LogP contribution is 2.51. The Hall–Kier alpha value is -3.80. The van der Waals surface area contributed by atoms with Crippen LogP contribution >= 0.6 is 0 Å². The molecule has 3 N–H and O–H groups in total. The van der Waals surface area contributed by atoms with Crippen molar-refractivity contribution in [2.75, 3.05) is 25.5 Å². The van der Waals surface area contributed by atoms with Gasteiger partial charge >= 0.3 is 0 Å². The molecule has 5 atom stereocenters. The van der Waals surface area contributed by atoms with Gasteiger partial charge in [0.15, 0.2) is 0 Å². The summed E-state index contributed by atoms with van der Waals surface area (Å²) in [4.78, 5) is 57.6. The Kier molecular flexibility index (Phi) is 10.7. The van der Waals surface area contributed by atoms with Crippen LogP contribution in [0.25, 0.3) is 0 Å². The van der Waals surface area contributed by atoms with E-state index in [2.05, 4.69) is 32.9 Å². The molecule has 3 aliphatic rings. The first-order valence-electron chi connectivity index (χ1n) is 17.2. The van der Waals surface area contributed by atoms with E-state index < -0.39 is 29.7 Å². The maximum atomic E-state index is 15.8. The van der Waals surface area contributed by atoms with E-state index in [1.165, 1.54) is 12.1 Å². The van der Waals surface area contributed by atoms with Crippen molar-refractivity contribution in [3.63, 3.8) is 0 Å². The third-order valence-corrected chi connectivity index (χ3v) is 10.3. The molecule has 47 heavy (non-hydrogen) atoms. The number of likely N-dealkylation sites (N-methyl/N-ethyl adjacent to an activating group) is 1. The minimum absolute atomic E-state index is 0.00359. The van der Waals surface area contributed by atoms with E-state index in [0.717, 1.165) is 25.7 Å². The number of aryl methyl sites for hydroxylation is 1. The van der Waals surface area contributed by atoms with Crippen LogP contribution in [0.5, 0.6) is 0 Å². The van der Waals surface area contributed by atoms with Crippen molar-refractivity contribution in [2.45, 2.75) is 103 Å². The quantitative estimate of drug-likeness (QED) is 0.303. The van der Waals surface area contributed by atoms with Crippen LogP contribution in [0.2, 0.25) is 0 Å². The first-order valence-corrected chi connectivity index (χ1v) is 17.2. The average molecular weight is 652 g/mol. The second-order valence-electron chi connectivity index (χ2n) is 13.8. The number of carbonyl (C=O) groups excluding carboxylic acids is 4. The van der Waals surface area contributed by atoms with Crippen LogP contribution in [0.3, 0.4) is 0 Å². The number of piperazine rings is 1. The van der Waals surface area contributed by atoms with Crippen molar-refractivity contribution >= 4 is 29.3 Å². The molecule has 4 amide bonds. The number of benzene rings is 1. The summed E-state index contributed by atoms with van der Waals surface area (Å²) < 4.78 is 17.3. The fourth-order valence-electron chi connectivity index (χ4n) is 7.00. The second kappa shape index (κ2) is 14.5. The van der Waals surface area contributed by atoms with Crippen molar-refractivity contribution in [1.29, 1.82) is 0 Å². The van der Waals surface area contributed by atoms with Gasteiger partial charge in [-0.05, 0) is 95.0 Å². The standard InChI is InChI=1S/C35H50FN7O4/c1-7-29(44)39-31(35(47)42-19-20(3)41(6)18-21(42)4)22(5)25-13-14-27(26(36)17-25)38-34(46)32(30(23-9-10-23)24-11-12-24)40-33(45)28-15-16-37-43(28)8-2/h13-17,20-24,30-32H,7-12,18-19H2,1-6H3,(H,38,46)(H,39,44)(H,40,45)/t20-,21-,22+,31-,32+/m1/s1. The summed E-state index contributed by atoms with van der Waals surface area (Å²) in [5.74, 6) is -1.80. The molecule has 0 bridgehead atoms. The van der Waals surface area contributed by atoms with Gasteiger partial charge in [-0.1, -0.05) is 19.9 Å². The van der Waals surface area contributed by atoms with Crippen molar-refractivity contribution in [3.05, 3.63) is 47.5 Å². The Morgan fingerprint density at radius 2 is 1.64 bits per heavy atom. The van der Waals surface area contributed by atoms with E-state index in [9.17, 15) is 19.2 Å². The van der Waals surface area contributed by atoms with Gasteiger partial charge in [0.1, 0.15) is 23.6 Å². The zero-order chi connectivity index (χ0) is 34.0. The Morgan fingerprint density at radius 3 is 2.23 bits per heavy atom. The number of aromatic nitrogens is 2. The Bertz CT molecular complexity index is 1460. The lowest BCUT2D eigenvalue weighted by Gasteiger charge is -2.44. The predicted molar refractivity (Wildman–Crippen MR) is 177 cm³/mol. The van der Waals surface area contributed by atoms with Crippen LogP contribution < -0.4 is 16.0 Å². The Morgan fingerprint density at radius 1 is 0.957 bits per heavy atom. The zero-order valence-corrected chi connectivity index (χ0v) is 28.5. The van der Waals surface area contributed by atoms with Crippen LogP contribution in [-0.2, 0) is 20.9 Å². The smallest absolute Gasteiger partial charge is 0.270 e. The molecular weight excluding hydrogens is 601 g/mol. The molecule has 2 aliphatic carbocycles. The molecule has 1 aliphatic heterocycles. The number of anilines is 1. The van der Waals surface area contributed by atoms with Crippen molar-refractivity contribution < 1.29 is 23.6 Å². The molecule has 2 heterocycles. The van der Waals surface area contributed by atoms with E-state index >= 15 is 4.39 Å². The first-order chi connectivity index (χ1) is 22.4. The van der Waals surface area contributed by atoms with Gasteiger partial charge < -0.3 is 20.9 Å². The van der Waals surface area contributed by atoms with Crippen molar-refractivity contribution in [3.8, 4) is 0 Å². The van der Waals surface area contributed by atoms with Crippen LogP contribution in [-0.4, -0.2) is 87.5 Å². The normalized spacial score (nSPS) is 22.0. The third-order valence-electron chi connectivity index (χ3n) is 10.3. The summed E-state index contributed by atoms with van der Waals surface area (Å²) in [5, 5.41) is 12.8. The molecule has 1 aromatic heterocycles. The molecule has 11 nitrogen and oxygen atoms in total. The summed E-state index contributed by atoms with van der Waals surface area (Å²) in [5.41, 5.74) is 0.896. The number of carbonyl (C=O) groups is 4. The van der Waals surface area contributed by atoms with E-state index in [1.54, 1.807) is 36.9 Å². The number of halogens is 1. The van der Waals surface area contributed by atoms with Gasteiger partial charge in [-0.2, -0.15) is 5.10 Å². The van der Waals surface area contributed by atoms with E-state index in [-0.39, 0.29) is 47.8 Å². The molecule has 0 unspecified atom stereocenters. The summed E-state index contributed by atoms with van der Waals surface area (Å²) in [6.45, 7) is 11.2. The fraction of sp³-hybridized carbons (Fsp3) is 0.629. The Balaban J connectivity index is 1.35. The van der Waals surface area contributed by atoms with Crippen molar-refractivity contribution in [2.24, 2.45) is 17.8 Å². The summed E-state index contributed by atoms with van der Waals surface area (Å²) >= 11 is 0. The van der Waals surface area contributed by atoms with E-state index in [0.29, 0.717) is 42.7 Å². The maximum Gasteiger partial charge on any atom is 0.270 e. The van der Waals surface area contributed by atoms with Gasteiger partial charge in [-0.25, -0.2) is 4.39 Å². The lowest BCUT2D eigenvalue weighted by molar-refractivity contribution is -0.141. The van der Waals surface area contributed by atoms with Gasteiger partial charge in [0.05, 0.1) is 5.69 Å². The predicted octanol–water partition coefficient (Wildman–Crippen LogP) is 3.76. The maximum absolute atomic E-state index is 15.8. The number of nitrogens with one attached hydrogen (secondary N) is 3. The third kappa shape index (κ3) is 7.85. The van der Waals surface area contributed by atoms with Gasteiger partial charge in [-0.15, -0.1) is 0 Å². The largest absolute Gasteiger partial charge is 0.344 e. The Labute approximate surface area is 277 Å². The lowest BCUT2D eigenvalue weighted by atomic mass is 9.88. The van der Waals surface area contributed by atoms with Crippen LogP contribution in [0.15, 0.2) is 30.5 Å². The molecule has 1 saturated heterocycles. The molecule has 0 radical (unpaired) electrons. The van der Waals surface area contributed by atoms with Gasteiger partial charge in [0, 0.05) is 50.3 Å². The summed E-state index contributed by atoms with van der Waals surface area (Å²) in [6.07, 6.45) is 5.81. The lowest BCUT2D eigenvalue weighted by Crippen LogP contribution is -2.61. The highest BCUT2D eigenvalue weighted by atomic mass is 19.1. The fourth-order valence-corrected chi connectivity index (χ4v) is 7.00. The van der Waals surface area contributed by atoms with Crippen molar-refractivity contribution in [1.82, 2.24) is 30.2 Å². The summed E-state index contributed by atoms with van der Waals surface area (Å²) in [6, 6.07) is 4.55. The van der Waals surface area contributed by atoms with Gasteiger partial charge in [0.25, 0.3) is 5.91 Å². The zero-order valence-electron chi connectivity index (χ0n) is 28.5. The second-order valence-corrected chi connectivity index (χ2v) is 13.8. The number of hydrogen-bond acceptors (Lipinski definition) is 6. The van der Waals surface area contributed by atoms with Crippen LogP contribution in [0.4, 0.5) is 10.1 Å². The molecule has 3 fully saturated rings. The molecule has 0 spiro atoms. The highest BCUT2D eigenvalue weighted by Gasteiger charge is 2.48. The minimum Gasteiger partial charge on any atom is -0.344 e. The number of hydrogen-bond donors (Lipinski definition) is 3. The van der Waals surface area contributed by atoms with E-state index in [1.807, 2.05) is 25.8 Å². The van der Waals surface area contributed by atoms with Crippen LogP contribution in [0.1, 0.15) is 88.7 Å². The van der Waals surface area contributed by atoms with Crippen LogP contribution in [0, 0.1) is 23.6 Å². The SMILES string of the molecule is CCC(=O)N[C@@H](C(=O)N1C[C@@H](C)N(C)C[C@H]1C)[C@@H](C)c1ccc(NC(=O)[C@@H](NC(=O)c2ccnn2CC)C(C2CC2)C2CC2)c(F)c1. The molecule has 1 aromatic carbocycles. The topological polar surface area (TPSA) is 129 Å².